The van der Waals surface area contributed by atoms with Crippen LogP contribution in [0.3, 0.4) is 0 Å². The summed E-state index contributed by atoms with van der Waals surface area (Å²) in [6, 6.07) is 0. The first-order valence-corrected chi connectivity index (χ1v) is 7.30. The highest BCUT2D eigenvalue weighted by Gasteiger charge is 1.95. The molecule has 0 radical (unpaired) electrons. The van der Waals surface area contributed by atoms with Crippen molar-refractivity contribution in [3.63, 3.8) is 0 Å². The molecule has 0 aliphatic carbocycles. The Kier molecular flexibility index (Phi) is 12.7. The monoisotopic (exact) mass is 245 g/mol. The first kappa shape index (κ1) is 15.8. The molecule has 0 aliphatic rings. The second kappa shape index (κ2) is 12.9. The maximum absolute atomic E-state index is 10.5. The van der Waals surface area contributed by atoms with Crippen LogP contribution in [-0.4, -0.2) is 11.7 Å². The summed E-state index contributed by atoms with van der Waals surface area (Å²) in [7, 11) is 0. The van der Waals surface area contributed by atoms with Crippen molar-refractivity contribution >= 4 is 18.5 Å². The molecule has 0 aliphatic heterocycles. The predicted molar refractivity (Wildman–Crippen MR) is 73.8 cm³/mol. The molecular weight excluding hydrogens is 218 g/mol. The molecular formula is C13H27NOS. The maximum atomic E-state index is 10.5. The summed E-state index contributed by atoms with van der Waals surface area (Å²) >= 11 is 4.19. The molecule has 0 heterocycles. The van der Waals surface area contributed by atoms with Gasteiger partial charge in [0, 0.05) is 6.42 Å². The number of amides is 1. The van der Waals surface area contributed by atoms with Crippen molar-refractivity contribution in [2.75, 3.05) is 5.75 Å². The van der Waals surface area contributed by atoms with Gasteiger partial charge >= 0.3 is 0 Å². The molecule has 1 amide bonds. The highest BCUT2D eigenvalue weighted by Crippen LogP contribution is 2.11. The maximum Gasteiger partial charge on any atom is 0.217 e. The van der Waals surface area contributed by atoms with Crippen LogP contribution >= 0.6 is 12.6 Å². The lowest BCUT2D eigenvalue weighted by Gasteiger charge is -2.01. The number of unbranched alkanes of at least 4 members (excludes halogenated alkanes) is 9. The van der Waals surface area contributed by atoms with Crippen molar-refractivity contribution in [2.24, 2.45) is 5.73 Å². The predicted octanol–water partition coefficient (Wildman–Crippen LogP) is 3.69. The van der Waals surface area contributed by atoms with Gasteiger partial charge < -0.3 is 5.73 Å². The van der Waals surface area contributed by atoms with Gasteiger partial charge in [-0.25, -0.2) is 0 Å². The van der Waals surface area contributed by atoms with Gasteiger partial charge in [0.15, 0.2) is 0 Å². The fraction of sp³-hybridized carbons (Fsp3) is 0.923. The third-order valence-corrected chi connectivity index (χ3v) is 3.15. The molecule has 96 valence electrons. The van der Waals surface area contributed by atoms with E-state index < -0.39 is 0 Å². The first-order valence-electron chi connectivity index (χ1n) is 6.66. The molecule has 2 nitrogen and oxygen atoms in total. The summed E-state index contributed by atoms with van der Waals surface area (Å²) in [4.78, 5) is 10.5. The van der Waals surface area contributed by atoms with Gasteiger partial charge in [0.2, 0.25) is 5.91 Å². The standard InChI is InChI=1S/C13H27NOS/c14-13(15)11-9-7-5-3-1-2-4-6-8-10-12-16/h16H,1-12H2,(H2,14,15). The van der Waals surface area contributed by atoms with E-state index in [2.05, 4.69) is 12.6 Å². The second-order valence-electron chi connectivity index (χ2n) is 4.48. The summed E-state index contributed by atoms with van der Waals surface area (Å²) in [6.07, 6.45) is 13.3. The van der Waals surface area contributed by atoms with Crippen molar-refractivity contribution in [3.8, 4) is 0 Å². The summed E-state index contributed by atoms with van der Waals surface area (Å²) in [5, 5.41) is 0. The Labute approximate surface area is 106 Å². The third kappa shape index (κ3) is 13.8. The molecule has 0 aromatic carbocycles. The molecule has 0 aromatic rings. The zero-order valence-electron chi connectivity index (χ0n) is 10.4. The molecule has 0 bridgehead atoms. The van der Waals surface area contributed by atoms with Crippen LogP contribution in [0.4, 0.5) is 0 Å². The fourth-order valence-electron chi connectivity index (χ4n) is 1.83. The Bertz CT molecular complexity index is 162. The van der Waals surface area contributed by atoms with Crippen molar-refractivity contribution in [1.82, 2.24) is 0 Å². The minimum atomic E-state index is -0.163. The van der Waals surface area contributed by atoms with E-state index in [9.17, 15) is 4.79 Å². The second-order valence-corrected chi connectivity index (χ2v) is 4.92. The number of hydrogen-bond donors (Lipinski definition) is 2. The van der Waals surface area contributed by atoms with Gasteiger partial charge in [0.1, 0.15) is 0 Å². The Morgan fingerprint density at radius 1 is 0.750 bits per heavy atom. The molecule has 0 unspecified atom stereocenters. The lowest BCUT2D eigenvalue weighted by atomic mass is 10.1. The number of thiol groups is 1. The lowest BCUT2D eigenvalue weighted by molar-refractivity contribution is -0.118. The van der Waals surface area contributed by atoms with E-state index in [1.54, 1.807) is 0 Å². The summed E-state index contributed by atoms with van der Waals surface area (Å²) < 4.78 is 0. The van der Waals surface area contributed by atoms with E-state index in [0.29, 0.717) is 6.42 Å². The average Bonchev–Trinajstić information content (AvgIpc) is 2.25. The van der Waals surface area contributed by atoms with Crippen LogP contribution in [0, 0.1) is 0 Å². The Morgan fingerprint density at radius 3 is 1.50 bits per heavy atom. The smallest absolute Gasteiger partial charge is 0.217 e. The van der Waals surface area contributed by atoms with Crippen molar-refractivity contribution in [2.45, 2.75) is 70.6 Å². The fourth-order valence-corrected chi connectivity index (χ4v) is 2.05. The third-order valence-electron chi connectivity index (χ3n) is 2.83. The average molecular weight is 245 g/mol. The minimum Gasteiger partial charge on any atom is -0.370 e. The van der Waals surface area contributed by atoms with Crippen LogP contribution in [0.5, 0.6) is 0 Å². The summed E-state index contributed by atoms with van der Waals surface area (Å²) in [5.74, 6) is 0.865. The molecule has 0 atom stereocenters. The summed E-state index contributed by atoms with van der Waals surface area (Å²) in [6.45, 7) is 0. The SMILES string of the molecule is NC(=O)CCCCCCCCCCCCS. The number of rotatable bonds is 12. The van der Waals surface area contributed by atoms with E-state index in [1.165, 1.54) is 51.4 Å². The highest BCUT2D eigenvalue weighted by molar-refractivity contribution is 7.80. The van der Waals surface area contributed by atoms with Gasteiger partial charge in [-0.3, -0.25) is 4.79 Å². The largest absolute Gasteiger partial charge is 0.370 e. The van der Waals surface area contributed by atoms with Gasteiger partial charge in [-0.05, 0) is 18.6 Å². The normalized spacial score (nSPS) is 10.6. The van der Waals surface area contributed by atoms with Crippen LogP contribution in [0.25, 0.3) is 0 Å². The zero-order valence-corrected chi connectivity index (χ0v) is 11.3. The van der Waals surface area contributed by atoms with Crippen LogP contribution in [0.1, 0.15) is 70.6 Å². The molecule has 0 saturated carbocycles. The molecule has 0 fully saturated rings. The first-order chi connectivity index (χ1) is 7.77. The van der Waals surface area contributed by atoms with Gasteiger partial charge in [-0.2, -0.15) is 12.6 Å². The van der Waals surface area contributed by atoms with Crippen molar-refractivity contribution in [3.05, 3.63) is 0 Å². The Balaban J connectivity index is 2.90. The number of primary amides is 1. The van der Waals surface area contributed by atoms with Crippen LogP contribution in [0.2, 0.25) is 0 Å². The van der Waals surface area contributed by atoms with Gasteiger partial charge in [0.25, 0.3) is 0 Å². The minimum absolute atomic E-state index is 0.163. The van der Waals surface area contributed by atoms with E-state index in [1.807, 2.05) is 0 Å². The van der Waals surface area contributed by atoms with Gasteiger partial charge in [0.05, 0.1) is 0 Å². The number of nitrogens with two attached hydrogens (primary N) is 1. The zero-order chi connectivity index (χ0) is 12.1. The van der Waals surface area contributed by atoms with Crippen molar-refractivity contribution < 1.29 is 4.79 Å². The van der Waals surface area contributed by atoms with Gasteiger partial charge in [-0.15, -0.1) is 0 Å². The van der Waals surface area contributed by atoms with E-state index >= 15 is 0 Å². The number of carbonyl (C=O) groups is 1. The molecule has 3 heteroatoms. The molecule has 0 saturated heterocycles. The highest BCUT2D eigenvalue weighted by atomic mass is 32.1. The van der Waals surface area contributed by atoms with Gasteiger partial charge in [-0.1, -0.05) is 51.4 Å². The number of carbonyl (C=O) groups excluding carboxylic acids is 1. The molecule has 16 heavy (non-hydrogen) atoms. The molecule has 2 N–H and O–H groups in total. The van der Waals surface area contributed by atoms with Crippen LogP contribution < -0.4 is 5.73 Å². The van der Waals surface area contributed by atoms with E-state index in [0.717, 1.165) is 18.6 Å². The molecule has 0 rings (SSSR count). The van der Waals surface area contributed by atoms with Crippen molar-refractivity contribution in [1.29, 1.82) is 0 Å². The summed E-state index contributed by atoms with van der Waals surface area (Å²) in [5.41, 5.74) is 5.07. The topological polar surface area (TPSA) is 43.1 Å². The quantitative estimate of drug-likeness (QED) is 0.399. The van der Waals surface area contributed by atoms with Crippen LogP contribution in [-0.2, 0) is 4.79 Å². The van der Waals surface area contributed by atoms with Crippen LogP contribution in [0.15, 0.2) is 0 Å². The number of hydrogen-bond acceptors (Lipinski definition) is 2. The molecule has 0 aromatic heterocycles. The molecule has 0 spiro atoms. The lowest BCUT2D eigenvalue weighted by Crippen LogP contribution is -2.09. The Hall–Kier alpha value is -0.180. The van der Waals surface area contributed by atoms with E-state index in [-0.39, 0.29) is 5.91 Å². The van der Waals surface area contributed by atoms with E-state index in [4.69, 9.17) is 5.73 Å². The Morgan fingerprint density at radius 2 is 1.12 bits per heavy atom.